The first-order chi connectivity index (χ1) is 14.1. The van der Waals surface area contributed by atoms with Gasteiger partial charge in [0.15, 0.2) is 5.65 Å². The number of hydrogen-bond acceptors (Lipinski definition) is 6. The van der Waals surface area contributed by atoms with Crippen LogP contribution in [0.2, 0.25) is 0 Å². The second-order valence-electron chi connectivity index (χ2n) is 7.01. The second kappa shape index (κ2) is 6.89. The SMILES string of the molecule is C=c1[nH]c(=O)s/c1=C\c1cnn2c(NC3CC3)cc(-c3cccc(OC)c3)nc12. The van der Waals surface area contributed by atoms with Crippen LogP contribution in [0.4, 0.5) is 5.82 Å². The van der Waals surface area contributed by atoms with Crippen LogP contribution >= 0.6 is 11.3 Å². The van der Waals surface area contributed by atoms with Gasteiger partial charge in [0.1, 0.15) is 11.6 Å². The average molecular weight is 405 g/mol. The van der Waals surface area contributed by atoms with E-state index in [2.05, 4.69) is 22.0 Å². The molecule has 3 aromatic heterocycles. The van der Waals surface area contributed by atoms with Gasteiger partial charge in [0.2, 0.25) is 0 Å². The van der Waals surface area contributed by atoms with Gasteiger partial charge >= 0.3 is 4.87 Å². The van der Waals surface area contributed by atoms with Crippen LogP contribution in [0.3, 0.4) is 0 Å². The molecule has 1 fully saturated rings. The Labute approximate surface area is 170 Å². The molecule has 7 nitrogen and oxygen atoms in total. The molecule has 29 heavy (non-hydrogen) atoms. The summed E-state index contributed by atoms with van der Waals surface area (Å²) in [5, 5.41) is 8.67. The van der Waals surface area contributed by atoms with E-state index in [4.69, 9.17) is 9.72 Å². The lowest BCUT2D eigenvalue weighted by Crippen LogP contribution is -2.19. The Morgan fingerprint density at radius 3 is 2.97 bits per heavy atom. The fourth-order valence-corrected chi connectivity index (χ4v) is 3.92. The summed E-state index contributed by atoms with van der Waals surface area (Å²) in [6, 6.07) is 10.3. The zero-order chi connectivity index (χ0) is 20.0. The molecule has 146 valence electrons. The van der Waals surface area contributed by atoms with Crippen molar-refractivity contribution in [3.05, 3.63) is 61.6 Å². The van der Waals surface area contributed by atoms with Crippen LogP contribution in [0.15, 0.2) is 41.3 Å². The average Bonchev–Trinajstić information content (AvgIpc) is 3.36. The van der Waals surface area contributed by atoms with Crippen molar-refractivity contribution in [3.8, 4) is 17.0 Å². The molecule has 1 aliphatic rings. The van der Waals surface area contributed by atoms with Gasteiger partial charge < -0.3 is 15.0 Å². The van der Waals surface area contributed by atoms with Crippen LogP contribution in [0.5, 0.6) is 5.75 Å². The second-order valence-corrected chi connectivity index (χ2v) is 8.03. The Kier molecular flexibility index (Phi) is 4.21. The van der Waals surface area contributed by atoms with Gasteiger partial charge in [-0.05, 0) is 31.1 Å². The maximum atomic E-state index is 11.6. The number of nitrogens with zero attached hydrogens (tertiary/aromatic N) is 3. The molecule has 0 bridgehead atoms. The van der Waals surface area contributed by atoms with Gasteiger partial charge in [-0.2, -0.15) is 9.61 Å². The van der Waals surface area contributed by atoms with Gasteiger partial charge in [0.05, 0.1) is 28.9 Å². The number of aromatic amines is 1. The van der Waals surface area contributed by atoms with Crippen molar-refractivity contribution in [3.63, 3.8) is 0 Å². The minimum atomic E-state index is -0.126. The third-order valence-electron chi connectivity index (χ3n) is 4.83. The number of nitrogens with one attached hydrogen (secondary N) is 2. The molecule has 1 aliphatic carbocycles. The number of hydrogen-bond donors (Lipinski definition) is 2. The van der Waals surface area contributed by atoms with E-state index in [0.717, 1.165) is 57.1 Å². The molecule has 4 aromatic rings. The maximum Gasteiger partial charge on any atom is 0.305 e. The van der Waals surface area contributed by atoms with Crippen molar-refractivity contribution in [1.82, 2.24) is 19.6 Å². The van der Waals surface area contributed by atoms with Crippen LogP contribution in [-0.2, 0) is 0 Å². The topological polar surface area (TPSA) is 84.3 Å². The fraction of sp³-hybridized carbons (Fsp3) is 0.190. The Bertz CT molecular complexity index is 1380. The number of H-pyrrole nitrogens is 1. The summed E-state index contributed by atoms with van der Waals surface area (Å²) >= 11 is 1.13. The first-order valence-electron chi connectivity index (χ1n) is 9.30. The predicted octanol–water partition coefficient (Wildman–Crippen LogP) is 1.97. The number of thiazole rings is 1. The molecule has 0 radical (unpaired) electrons. The lowest BCUT2D eigenvalue weighted by Gasteiger charge is -2.11. The summed E-state index contributed by atoms with van der Waals surface area (Å²) in [6.07, 6.45) is 5.97. The van der Waals surface area contributed by atoms with E-state index in [9.17, 15) is 4.79 Å². The van der Waals surface area contributed by atoms with Gasteiger partial charge in [-0.25, -0.2) is 4.98 Å². The first-order valence-corrected chi connectivity index (χ1v) is 10.1. The van der Waals surface area contributed by atoms with E-state index in [1.54, 1.807) is 13.3 Å². The summed E-state index contributed by atoms with van der Waals surface area (Å²) in [5.74, 6) is 1.67. The molecule has 2 N–H and O–H groups in total. The zero-order valence-corrected chi connectivity index (χ0v) is 16.6. The van der Waals surface area contributed by atoms with Crippen molar-refractivity contribution in [2.24, 2.45) is 0 Å². The van der Waals surface area contributed by atoms with Gasteiger partial charge in [-0.3, -0.25) is 4.79 Å². The van der Waals surface area contributed by atoms with Crippen molar-refractivity contribution in [2.45, 2.75) is 18.9 Å². The molecule has 0 spiro atoms. The lowest BCUT2D eigenvalue weighted by atomic mass is 10.1. The first kappa shape index (κ1) is 17.7. The molecule has 1 aromatic carbocycles. The summed E-state index contributed by atoms with van der Waals surface area (Å²) in [5.41, 5.74) is 3.33. The fourth-order valence-electron chi connectivity index (χ4n) is 3.18. The van der Waals surface area contributed by atoms with Crippen molar-refractivity contribution in [1.29, 1.82) is 0 Å². The smallest absolute Gasteiger partial charge is 0.305 e. The molecule has 1 saturated carbocycles. The summed E-state index contributed by atoms with van der Waals surface area (Å²) in [4.78, 5) is 19.1. The molecule has 3 heterocycles. The normalized spacial score (nSPS) is 14.4. The number of fused-ring (bicyclic) bond motifs is 1. The van der Waals surface area contributed by atoms with Crippen LogP contribution in [0.25, 0.3) is 29.6 Å². The Hall–Kier alpha value is -3.39. The molecule has 8 heteroatoms. The van der Waals surface area contributed by atoms with Crippen molar-refractivity contribution >= 4 is 35.5 Å². The molecule has 0 amide bonds. The Morgan fingerprint density at radius 1 is 1.38 bits per heavy atom. The van der Waals surface area contributed by atoms with Crippen LogP contribution in [0, 0.1) is 0 Å². The molecular weight excluding hydrogens is 386 g/mol. The Morgan fingerprint density at radius 2 is 2.24 bits per heavy atom. The van der Waals surface area contributed by atoms with E-state index in [1.807, 2.05) is 40.9 Å². The number of benzene rings is 1. The van der Waals surface area contributed by atoms with E-state index in [-0.39, 0.29) is 4.87 Å². The van der Waals surface area contributed by atoms with Gasteiger partial charge in [-0.15, -0.1) is 0 Å². The van der Waals surface area contributed by atoms with Crippen LogP contribution in [-0.4, -0.2) is 32.7 Å². The zero-order valence-electron chi connectivity index (χ0n) is 15.8. The highest BCUT2D eigenvalue weighted by Gasteiger charge is 2.23. The summed E-state index contributed by atoms with van der Waals surface area (Å²) < 4.78 is 7.95. The van der Waals surface area contributed by atoms with E-state index in [0.29, 0.717) is 17.0 Å². The third-order valence-corrected chi connectivity index (χ3v) is 5.71. The molecule has 0 atom stereocenters. The molecule has 5 rings (SSSR count). The Balaban J connectivity index is 1.72. The molecular formula is C21H19N5O2S. The minimum Gasteiger partial charge on any atom is -0.497 e. The van der Waals surface area contributed by atoms with Gasteiger partial charge in [0.25, 0.3) is 0 Å². The van der Waals surface area contributed by atoms with E-state index in [1.165, 1.54) is 0 Å². The molecule has 0 saturated heterocycles. The summed E-state index contributed by atoms with van der Waals surface area (Å²) in [6.45, 7) is 3.90. The standard InChI is InChI=1S/C21H19N5O2S/c1-12-18(29-21(27)23-12)9-14-11-22-26-19(24-15-6-7-15)10-17(25-20(14)26)13-4-3-5-16(8-13)28-2/h3-5,8-11,15,24H,1,6-7H2,2H3,(H,23,27)/b18-9-. The van der Waals surface area contributed by atoms with Crippen molar-refractivity contribution < 1.29 is 4.74 Å². The largest absolute Gasteiger partial charge is 0.497 e. The van der Waals surface area contributed by atoms with Gasteiger partial charge in [-0.1, -0.05) is 30.0 Å². The van der Waals surface area contributed by atoms with E-state index < -0.39 is 0 Å². The number of anilines is 1. The van der Waals surface area contributed by atoms with E-state index >= 15 is 0 Å². The highest BCUT2D eigenvalue weighted by Crippen LogP contribution is 2.30. The van der Waals surface area contributed by atoms with Crippen molar-refractivity contribution in [2.75, 3.05) is 12.4 Å². The van der Waals surface area contributed by atoms with Crippen LogP contribution < -0.4 is 24.8 Å². The van der Waals surface area contributed by atoms with Crippen LogP contribution in [0.1, 0.15) is 18.4 Å². The maximum absolute atomic E-state index is 11.6. The number of aromatic nitrogens is 4. The number of rotatable bonds is 5. The number of methoxy groups -OCH3 is 1. The predicted molar refractivity (Wildman–Crippen MR) is 115 cm³/mol. The monoisotopic (exact) mass is 405 g/mol. The minimum absolute atomic E-state index is 0.126. The summed E-state index contributed by atoms with van der Waals surface area (Å²) in [7, 11) is 1.65. The molecule has 0 unspecified atom stereocenters. The van der Waals surface area contributed by atoms with Gasteiger partial charge in [0, 0.05) is 23.2 Å². The number of ether oxygens (including phenoxy) is 1. The molecule has 0 aliphatic heterocycles. The lowest BCUT2D eigenvalue weighted by molar-refractivity contribution is 0.415. The highest BCUT2D eigenvalue weighted by atomic mass is 32.1. The highest BCUT2D eigenvalue weighted by molar-refractivity contribution is 7.07. The quantitative estimate of drug-likeness (QED) is 0.530. The third kappa shape index (κ3) is 3.42.